The number of aromatic nitrogens is 3. The van der Waals surface area contributed by atoms with Crippen molar-refractivity contribution < 1.29 is 8.83 Å². The molecule has 0 aliphatic heterocycles. The fraction of sp³-hybridized carbons (Fsp3) is 0.0417. The van der Waals surface area contributed by atoms with Gasteiger partial charge >= 0.3 is 0 Å². The van der Waals surface area contributed by atoms with Gasteiger partial charge in [-0.2, -0.15) is 0 Å². The SMILES string of the molecule is CCc1c(-c2ccccc2)nc(-c2ccccc2)nc1-c1ccc2c(c1)oc1cc(-n3c4ccccc4c4c5c(ccc43)oc3ccccc35)ccc12. The van der Waals surface area contributed by atoms with E-state index in [2.05, 4.69) is 133 Å². The number of hydrogen-bond acceptors (Lipinski definition) is 4. The van der Waals surface area contributed by atoms with Gasteiger partial charge in [0.15, 0.2) is 5.82 Å². The Morgan fingerprint density at radius 1 is 0.453 bits per heavy atom. The van der Waals surface area contributed by atoms with E-state index in [-0.39, 0.29) is 0 Å². The first kappa shape index (κ1) is 29.7. The van der Waals surface area contributed by atoms with Crippen LogP contribution in [0.3, 0.4) is 0 Å². The van der Waals surface area contributed by atoms with Gasteiger partial charge in [0, 0.05) is 66.3 Å². The van der Waals surface area contributed by atoms with E-state index in [0.29, 0.717) is 5.82 Å². The lowest BCUT2D eigenvalue weighted by Crippen LogP contribution is -2.02. The molecule has 0 aliphatic rings. The summed E-state index contributed by atoms with van der Waals surface area (Å²) < 4.78 is 15.4. The van der Waals surface area contributed by atoms with E-state index in [9.17, 15) is 0 Å². The van der Waals surface area contributed by atoms with Crippen LogP contribution in [0.1, 0.15) is 12.5 Å². The molecule has 0 aliphatic carbocycles. The molecule has 0 fully saturated rings. The second kappa shape index (κ2) is 11.5. The molecule has 0 saturated carbocycles. The Kier molecular flexibility index (Phi) is 6.46. The molecule has 250 valence electrons. The number of hydrogen-bond donors (Lipinski definition) is 0. The molecule has 0 unspecified atom stereocenters. The molecule has 4 aromatic heterocycles. The van der Waals surface area contributed by atoms with Crippen molar-refractivity contribution in [1.82, 2.24) is 14.5 Å². The fourth-order valence-corrected chi connectivity index (χ4v) is 8.21. The largest absolute Gasteiger partial charge is 0.456 e. The lowest BCUT2D eigenvalue weighted by atomic mass is 9.97. The summed E-state index contributed by atoms with van der Waals surface area (Å²) in [6.45, 7) is 2.17. The minimum Gasteiger partial charge on any atom is -0.456 e. The molecule has 7 aromatic carbocycles. The zero-order chi connectivity index (χ0) is 35.0. The monoisotopic (exact) mass is 681 g/mol. The molecule has 0 saturated heterocycles. The highest BCUT2D eigenvalue weighted by Crippen LogP contribution is 2.42. The maximum atomic E-state index is 6.72. The zero-order valence-electron chi connectivity index (χ0n) is 28.9. The Morgan fingerprint density at radius 2 is 1.09 bits per heavy atom. The van der Waals surface area contributed by atoms with Crippen LogP contribution in [0.15, 0.2) is 167 Å². The van der Waals surface area contributed by atoms with Gasteiger partial charge in [0.25, 0.3) is 0 Å². The number of para-hydroxylation sites is 2. The van der Waals surface area contributed by atoms with Crippen molar-refractivity contribution >= 4 is 65.7 Å². The summed E-state index contributed by atoms with van der Waals surface area (Å²) in [4.78, 5) is 10.3. The Bertz CT molecular complexity index is 3210. The quantitative estimate of drug-likeness (QED) is 0.181. The number of fused-ring (bicyclic) bond motifs is 10. The minimum atomic E-state index is 0.706. The van der Waals surface area contributed by atoms with Gasteiger partial charge in [0.2, 0.25) is 0 Å². The highest BCUT2D eigenvalue weighted by molar-refractivity contribution is 6.27. The standard InChI is InChI=1S/C48H31N3O2/c1-2-33-46(29-13-5-3-6-14-29)49-48(30-15-7-4-8-16-30)50-47(33)31-21-23-34-35-24-22-32(28-43(35)53-42(34)27-31)51-38-19-11-9-17-36(38)44-39(51)25-26-41-45(44)37-18-10-12-20-40(37)52-41/h3-28H,2H2,1H3. The zero-order valence-corrected chi connectivity index (χ0v) is 28.9. The maximum absolute atomic E-state index is 6.72. The molecule has 0 atom stereocenters. The number of nitrogens with zero attached hydrogens (tertiary/aromatic N) is 3. The Labute approximate surface area is 304 Å². The number of furan rings is 2. The van der Waals surface area contributed by atoms with Gasteiger partial charge in [-0.15, -0.1) is 0 Å². The number of rotatable bonds is 5. The van der Waals surface area contributed by atoms with Crippen LogP contribution in [0.5, 0.6) is 0 Å². The van der Waals surface area contributed by atoms with Crippen LogP contribution in [-0.4, -0.2) is 14.5 Å². The number of benzene rings is 7. The molecule has 5 nitrogen and oxygen atoms in total. The van der Waals surface area contributed by atoms with Gasteiger partial charge in [-0.05, 0) is 55.0 Å². The third kappa shape index (κ3) is 4.50. The predicted molar refractivity (Wildman–Crippen MR) is 217 cm³/mol. The van der Waals surface area contributed by atoms with E-state index in [1.54, 1.807) is 0 Å². The van der Waals surface area contributed by atoms with Gasteiger partial charge < -0.3 is 13.4 Å². The third-order valence-electron chi connectivity index (χ3n) is 10.6. The first-order valence-corrected chi connectivity index (χ1v) is 18.1. The maximum Gasteiger partial charge on any atom is 0.160 e. The second-order valence-electron chi connectivity index (χ2n) is 13.6. The summed E-state index contributed by atoms with van der Waals surface area (Å²) in [7, 11) is 0. The minimum absolute atomic E-state index is 0.706. The summed E-state index contributed by atoms with van der Waals surface area (Å²) in [5.74, 6) is 0.706. The molecule has 5 heteroatoms. The molecule has 0 N–H and O–H groups in total. The van der Waals surface area contributed by atoms with Crippen molar-refractivity contribution in [2.75, 3.05) is 0 Å². The Morgan fingerprint density at radius 3 is 1.89 bits per heavy atom. The lowest BCUT2D eigenvalue weighted by Gasteiger charge is -2.15. The summed E-state index contributed by atoms with van der Waals surface area (Å²) in [5, 5.41) is 6.80. The summed E-state index contributed by atoms with van der Waals surface area (Å²) in [5.41, 5.74) is 12.8. The van der Waals surface area contributed by atoms with Crippen molar-refractivity contribution in [3.63, 3.8) is 0 Å². The highest BCUT2D eigenvalue weighted by Gasteiger charge is 2.21. The van der Waals surface area contributed by atoms with Crippen LogP contribution in [0.4, 0.5) is 0 Å². The molecule has 0 spiro atoms. The van der Waals surface area contributed by atoms with Crippen molar-refractivity contribution in [3.8, 4) is 39.6 Å². The summed E-state index contributed by atoms with van der Waals surface area (Å²) >= 11 is 0. The van der Waals surface area contributed by atoms with E-state index < -0.39 is 0 Å². The first-order valence-electron chi connectivity index (χ1n) is 18.1. The van der Waals surface area contributed by atoms with Crippen LogP contribution in [0, 0.1) is 0 Å². The van der Waals surface area contributed by atoms with Gasteiger partial charge in [-0.3, -0.25) is 0 Å². The van der Waals surface area contributed by atoms with Crippen LogP contribution in [0.2, 0.25) is 0 Å². The van der Waals surface area contributed by atoms with Crippen LogP contribution < -0.4 is 0 Å². The molecule has 0 amide bonds. The van der Waals surface area contributed by atoms with Crippen molar-refractivity contribution in [3.05, 3.63) is 163 Å². The molecule has 53 heavy (non-hydrogen) atoms. The highest BCUT2D eigenvalue weighted by atomic mass is 16.3. The summed E-state index contributed by atoms with van der Waals surface area (Å²) in [6, 6.07) is 54.8. The Balaban J connectivity index is 1.10. The van der Waals surface area contributed by atoms with Gasteiger partial charge in [-0.25, -0.2) is 9.97 Å². The molecule has 0 bridgehead atoms. The fourth-order valence-electron chi connectivity index (χ4n) is 8.21. The van der Waals surface area contributed by atoms with Gasteiger partial charge in [0.1, 0.15) is 22.3 Å². The van der Waals surface area contributed by atoms with E-state index in [1.807, 2.05) is 36.4 Å². The molecule has 11 rings (SSSR count). The molecule has 4 heterocycles. The van der Waals surface area contributed by atoms with E-state index in [4.69, 9.17) is 18.8 Å². The van der Waals surface area contributed by atoms with Crippen LogP contribution in [0.25, 0.3) is 105 Å². The van der Waals surface area contributed by atoms with Crippen molar-refractivity contribution in [2.24, 2.45) is 0 Å². The molecular weight excluding hydrogens is 651 g/mol. The van der Waals surface area contributed by atoms with Crippen molar-refractivity contribution in [2.45, 2.75) is 13.3 Å². The molecule has 0 radical (unpaired) electrons. The summed E-state index contributed by atoms with van der Waals surface area (Å²) in [6.07, 6.45) is 0.788. The normalized spacial score (nSPS) is 11.9. The van der Waals surface area contributed by atoms with Gasteiger partial charge in [0.05, 0.1) is 22.4 Å². The smallest absolute Gasteiger partial charge is 0.160 e. The lowest BCUT2D eigenvalue weighted by molar-refractivity contribution is 0.668. The molecular formula is C48H31N3O2. The third-order valence-corrected chi connectivity index (χ3v) is 10.6. The van der Waals surface area contributed by atoms with E-state index in [1.165, 1.54) is 10.8 Å². The predicted octanol–water partition coefficient (Wildman–Crippen LogP) is 12.9. The topological polar surface area (TPSA) is 57.0 Å². The van der Waals surface area contributed by atoms with E-state index >= 15 is 0 Å². The average molecular weight is 682 g/mol. The van der Waals surface area contributed by atoms with Crippen LogP contribution >= 0.6 is 0 Å². The average Bonchev–Trinajstić information content (AvgIpc) is 3.89. The van der Waals surface area contributed by atoms with E-state index in [0.717, 1.165) is 101 Å². The Hall–Kier alpha value is -6.98. The van der Waals surface area contributed by atoms with Gasteiger partial charge in [-0.1, -0.05) is 110 Å². The van der Waals surface area contributed by atoms with Crippen LogP contribution in [-0.2, 0) is 6.42 Å². The second-order valence-corrected chi connectivity index (χ2v) is 13.6. The first-order chi connectivity index (χ1) is 26.2. The molecule has 11 aromatic rings. The van der Waals surface area contributed by atoms with Crippen molar-refractivity contribution in [1.29, 1.82) is 0 Å².